The Labute approximate surface area is 137 Å². The van der Waals surface area contributed by atoms with Crippen molar-refractivity contribution in [3.63, 3.8) is 0 Å². The van der Waals surface area contributed by atoms with Crippen LogP contribution in [0.15, 0.2) is 24.3 Å². The largest absolute Gasteiger partial charge is 0.458 e. The molecule has 1 aliphatic carbocycles. The molecule has 0 bridgehead atoms. The summed E-state index contributed by atoms with van der Waals surface area (Å²) in [5, 5.41) is 2.55. The molecule has 5 heteroatoms. The molecule has 126 valence electrons. The van der Waals surface area contributed by atoms with Crippen LogP contribution in [0, 0.1) is 5.41 Å². The zero-order valence-corrected chi connectivity index (χ0v) is 14.2. The Morgan fingerprint density at radius 2 is 1.87 bits per heavy atom. The summed E-state index contributed by atoms with van der Waals surface area (Å²) >= 11 is 0. The van der Waals surface area contributed by atoms with E-state index in [0.29, 0.717) is 11.1 Å². The first kappa shape index (κ1) is 17.5. The Bertz CT molecular complexity index is 580. The third kappa shape index (κ3) is 3.11. The molecule has 1 aromatic carbocycles. The molecule has 5 nitrogen and oxygen atoms in total. The SMILES string of the molecule is CCC1(CC)C(OC)CC1OC(=O)c1cccc(C(=O)NC)c1. The lowest BCUT2D eigenvalue weighted by Gasteiger charge is -2.53. The second-order valence-electron chi connectivity index (χ2n) is 5.95. The van der Waals surface area contributed by atoms with Gasteiger partial charge in [-0.1, -0.05) is 19.9 Å². The summed E-state index contributed by atoms with van der Waals surface area (Å²) in [7, 11) is 3.26. The Balaban J connectivity index is 2.12. The molecular weight excluding hydrogens is 294 g/mol. The van der Waals surface area contributed by atoms with E-state index in [0.717, 1.165) is 19.3 Å². The van der Waals surface area contributed by atoms with Crippen LogP contribution < -0.4 is 5.32 Å². The molecular formula is C18H25NO4. The van der Waals surface area contributed by atoms with E-state index < -0.39 is 0 Å². The topological polar surface area (TPSA) is 64.6 Å². The summed E-state index contributed by atoms with van der Waals surface area (Å²) in [5.74, 6) is -0.610. The summed E-state index contributed by atoms with van der Waals surface area (Å²) in [6, 6.07) is 6.59. The fourth-order valence-corrected chi connectivity index (χ4v) is 3.50. The van der Waals surface area contributed by atoms with E-state index >= 15 is 0 Å². The smallest absolute Gasteiger partial charge is 0.338 e. The summed E-state index contributed by atoms with van der Waals surface area (Å²) < 4.78 is 11.2. The van der Waals surface area contributed by atoms with Crippen LogP contribution in [-0.4, -0.2) is 38.2 Å². The van der Waals surface area contributed by atoms with E-state index in [2.05, 4.69) is 19.2 Å². The highest BCUT2D eigenvalue weighted by molar-refractivity contribution is 5.97. The third-order valence-corrected chi connectivity index (χ3v) is 5.15. The molecule has 1 fully saturated rings. The minimum absolute atomic E-state index is 0.108. The number of hydrogen-bond donors (Lipinski definition) is 1. The van der Waals surface area contributed by atoms with Gasteiger partial charge in [0.15, 0.2) is 0 Å². The molecule has 0 heterocycles. The van der Waals surface area contributed by atoms with E-state index in [1.165, 1.54) is 0 Å². The van der Waals surface area contributed by atoms with Crippen LogP contribution in [-0.2, 0) is 9.47 Å². The molecule has 1 amide bonds. The number of esters is 1. The highest BCUT2D eigenvalue weighted by Crippen LogP contribution is 2.50. The second kappa shape index (κ2) is 7.13. The molecule has 0 saturated heterocycles. The van der Waals surface area contributed by atoms with Gasteiger partial charge in [0, 0.05) is 31.6 Å². The molecule has 0 spiro atoms. The second-order valence-corrected chi connectivity index (χ2v) is 5.95. The number of hydrogen-bond acceptors (Lipinski definition) is 4. The lowest BCUT2D eigenvalue weighted by Crippen LogP contribution is -2.58. The molecule has 2 atom stereocenters. The highest BCUT2D eigenvalue weighted by atomic mass is 16.6. The maximum Gasteiger partial charge on any atom is 0.338 e. The highest BCUT2D eigenvalue weighted by Gasteiger charge is 2.55. The van der Waals surface area contributed by atoms with Crippen molar-refractivity contribution in [3.05, 3.63) is 35.4 Å². The number of methoxy groups -OCH3 is 1. The number of carbonyl (C=O) groups excluding carboxylic acids is 2. The van der Waals surface area contributed by atoms with Crippen LogP contribution in [0.3, 0.4) is 0 Å². The summed E-state index contributed by atoms with van der Waals surface area (Å²) in [4.78, 5) is 24.1. The normalized spacial score (nSPS) is 22.1. The van der Waals surface area contributed by atoms with Crippen LogP contribution in [0.5, 0.6) is 0 Å². The van der Waals surface area contributed by atoms with Crippen LogP contribution >= 0.6 is 0 Å². The van der Waals surface area contributed by atoms with E-state index in [-0.39, 0.29) is 29.5 Å². The number of ether oxygens (including phenoxy) is 2. The zero-order chi connectivity index (χ0) is 17.0. The van der Waals surface area contributed by atoms with Crippen molar-refractivity contribution in [1.82, 2.24) is 5.32 Å². The van der Waals surface area contributed by atoms with Crippen LogP contribution in [0.25, 0.3) is 0 Å². The summed E-state index contributed by atoms with van der Waals surface area (Å²) in [5.41, 5.74) is 0.735. The maximum absolute atomic E-state index is 12.4. The van der Waals surface area contributed by atoms with E-state index in [9.17, 15) is 9.59 Å². The van der Waals surface area contributed by atoms with Gasteiger partial charge < -0.3 is 14.8 Å². The minimum Gasteiger partial charge on any atom is -0.458 e. The average Bonchev–Trinajstić information content (AvgIpc) is 2.58. The van der Waals surface area contributed by atoms with Gasteiger partial charge in [0.25, 0.3) is 5.91 Å². The number of carbonyl (C=O) groups is 2. The third-order valence-electron chi connectivity index (χ3n) is 5.15. The number of nitrogens with one attached hydrogen (secondary N) is 1. The first-order chi connectivity index (χ1) is 11.0. The lowest BCUT2D eigenvalue weighted by molar-refractivity contribution is -0.186. The quantitative estimate of drug-likeness (QED) is 0.819. The van der Waals surface area contributed by atoms with Gasteiger partial charge in [-0.05, 0) is 31.0 Å². The summed E-state index contributed by atoms with van der Waals surface area (Å²) in [6.45, 7) is 4.20. The molecule has 0 aliphatic heterocycles. The van der Waals surface area contributed by atoms with Gasteiger partial charge in [-0.25, -0.2) is 4.79 Å². The minimum atomic E-state index is -0.387. The Hall–Kier alpha value is -1.88. The molecule has 1 saturated carbocycles. The molecule has 0 aromatic heterocycles. The van der Waals surface area contributed by atoms with Crippen LogP contribution in [0.2, 0.25) is 0 Å². The van der Waals surface area contributed by atoms with Crippen molar-refractivity contribution in [1.29, 1.82) is 0 Å². The maximum atomic E-state index is 12.4. The van der Waals surface area contributed by atoms with Crippen molar-refractivity contribution in [2.24, 2.45) is 5.41 Å². The monoisotopic (exact) mass is 319 g/mol. The molecule has 1 aliphatic rings. The Morgan fingerprint density at radius 1 is 1.22 bits per heavy atom. The standard InChI is InChI=1S/C18H25NO4/c1-5-18(6-2)14(22-4)11-15(18)23-17(21)13-9-7-8-12(10-13)16(20)19-3/h7-10,14-15H,5-6,11H2,1-4H3,(H,19,20). The van der Waals surface area contributed by atoms with Gasteiger partial charge in [0.05, 0.1) is 11.7 Å². The van der Waals surface area contributed by atoms with Crippen molar-refractivity contribution in [2.45, 2.75) is 45.3 Å². The molecule has 0 radical (unpaired) electrons. The number of benzene rings is 1. The van der Waals surface area contributed by atoms with Crippen LogP contribution in [0.4, 0.5) is 0 Å². The number of amides is 1. The van der Waals surface area contributed by atoms with Crippen molar-refractivity contribution in [2.75, 3.05) is 14.2 Å². The van der Waals surface area contributed by atoms with E-state index in [1.807, 2.05) is 0 Å². The fraction of sp³-hybridized carbons (Fsp3) is 0.556. The van der Waals surface area contributed by atoms with Gasteiger partial charge in [-0.3, -0.25) is 4.79 Å². The van der Waals surface area contributed by atoms with Gasteiger partial charge in [0.2, 0.25) is 0 Å². The Kier molecular flexibility index (Phi) is 5.42. The fourth-order valence-electron chi connectivity index (χ4n) is 3.50. The van der Waals surface area contributed by atoms with E-state index in [1.54, 1.807) is 38.4 Å². The van der Waals surface area contributed by atoms with Gasteiger partial charge in [-0.15, -0.1) is 0 Å². The van der Waals surface area contributed by atoms with Crippen LogP contribution in [0.1, 0.15) is 53.8 Å². The summed E-state index contributed by atoms with van der Waals surface area (Å²) in [6.07, 6.45) is 2.52. The zero-order valence-electron chi connectivity index (χ0n) is 14.2. The number of rotatable bonds is 6. The van der Waals surface area contributed by atoms with Crippen molar-refractivity contribution in [3.8, 4) is 0 Å². The molecule has 23 heavy (non-hydrogen) atoms. The predicted octanol–water partition coefficient (Wildman–Crippen LogP) is 2.80. The lowest BCUT2D eigenvalue weighted by atomic mass is 9.60. The molecule has 1 N–H and O–H groups in total. The first-order valence-electron chi connectivity index (χ1n) is 8.08. The van der Waals surface area contributed by atoms with Gasteiger partial charge in [0.1, 0.15) is 6.10 Å². The Morgan fingerprint density at radius 3 is 2.43 bits per heavy atom. The predicted molar refractivity (Wildman–Crippen MR) is 87.5 cm³/mol. The molecule has 1 aromatic rings. The average molecular weight is 319 g/mol. The van der Waals surface area contributed by atoms with Crippen molar-refractivity contribution >= 4 is 11.9 Å². The van der Waals surface area contributed by atoms with Gasteiger partial charge >= 0.3 is 5.97 Å². The first-order valence-corrected chi connectivity index (χ1v) is 8.08. The van der Waals surface area contributed by atoms with Gasteiger partial charge in [-0.2, -0.15) is 0 Å². The molecule has 2 unspecified atom stereocenters. The van der Waals surface area contributed by atoms with E-state index in [4.69, 9.17) is 9.47 Å². The molecule has 2 rings (SSSR count). The van der Waals surface area contributed by atoms with Crippen molar-refractivity contribution < 1.29 is 19.1 Å².